The van der Waals surface area contributed by atoms with Gasteiger partial charge < -0.3 is 10.1 Å². The van der Waals surface area contributed by atoms with Crippen LogP contribution in [0.2, 0.25) is 10.0 Å². The van der Waals surface area contributed by atoms with E-state index in [1.54, 1.807) is 36.4 Å². The molecule has 0 fully saturated rings. The molecule has 0 saturated carbocycles. The first-order chi connectivity index (χ1) is 12.8. The Hall–Kier alpha value is -1.34. The van der Waals surface area contributed by atoms with Crippen LogP contribution >= 0.6 is 51.3 Å². The normalized spacial score (nSPS) is 10.6. The number of carbonyl (C=O) groups is 1. The molecule has 0 aliphatic heterocycles. The summed E-state index contributed by atoms with van der Waals surface area (Å²) in [6, 6.07) is 10.1. The van der Waals surface area contributed by atoms with Crippen molar-refractivity contribution in [1.29, 1.82) is 0 Å². The van der Waals surface area contributed by atoms with Crippen molar-refractivity contribution in [3.63, 3.8) is 0 Å². The van der Waals surface area contributed by atoms with Gasteiger partial charge in [0.1, 0.15) is 5.75 Å². The van der Waals surface area contributed by atoms with Gasteiger partial charge in [-0.3, -0.25) is 10.1 Å². The zero-order chi connectivity index (χ0) is 20.0. The molecule has 1 amide bonds. The maximum Gasteiger partial charge on any atom is 0.257 e. The molecular formula is C19H19BrCl2N2O2S. The van der Waals surface area contributed by atoms with Crippen LogP contribution in [0.25, 0.3) is 0 Å². The quantitative estimate of drug-likeness (QED) is 0.467. The van der Waals surface area contributed by atoms with Gasteiger partial charge in [-0.25, -0.2) is 0 Å². The molecule has 8 heteroatoms. The molecule has 2 aromatic carbocycles. The third-order valence-corrected chi connectivity index (χ3v) is 5.11. The molecule has 0 aliphatic rings. The number of amides is 1. The van der Waals surface area contributed by atoms with Crippen molar-refractivity contribution in [1.82, 2.24) is 5.32 Å². The van der Waals surface area contributed by atoms with Gasteiger partial charge >= 0.3 is 0 Å². The summed E-state index contributed by atoms with van der Waals surface area (Å²) in [5.74, 6) is 0.934. The van der Waals surface area contributed by atoms with Crippen LogP contribution in [0.5, 0.6) is 5.75 Å². The smallest absolute Gasteiger partial charge is 0.257 e. The van der Waals surface area contributed by atoms with Crippen molar-refractivity contribution in [3.05, 3.63) is 56.5 Å². The van der Waals surface area contributed by atoms with E-state index < -0.39 is 0 Å². The molecule has 0 unspecified atom stereocenters. The van der Waals surface area contributed by atoms with Gasteiger partial charge in [0.2, 0.25) is 0 Å². The first kappa shape index (κ1) is 22.0. The number of hydrogen-bond donors (Lipinski definition) is 2. The van der Waals surface area contributed by atoms with Gasteiger partial charge in [0.05, 0.1) is 21.1 Å². The van der Waals surface area contributed by atoms with E-state index in [0.717, 1.165) is 6.42 Å². The van der Waals surface area contributed by atoms with E-state index >= 15 is 0 Å². The van der Waals surface area contributed by atoms with E-state index in [-0.39, 0.29) is 11.0 Å². The summed E-state index contributed by atoms with van der Waals surface area (Å²) in [5.41, 5.74) is 1.08. The van der Waals surface area contributed by atoms with E-state index in [0.29, 0.717) is 44.0 Å². The monoisotopic (exact) mass is 488 g/mol. The van der Waals surface area contributed by atoms with Crippen LogP contribution in [0, 0.1) is 5.92 Å². The average molecular weight is 490 g/mol. The zero-order valence-corrected chi connectivity index (χ0v) is 18.7. The lowest BCUT2D eigenvalue weighted by Crippen LogP contribution is -2.34. The molecule has 0 heterocycles. The van der Waals surface area contributed by atoms with Crippen LogP contribution in [0.1, 0.15) is 30.6 Å². The summed E-state index contributed by atoms with van der Waals surface area (Å²) >= 11 is 20.5. The van der Waals surface area contributed by atoms with Gasteiger partial charge in [-0.2, -0.15) is 0 Å². The van der Waals surface area contributed by atoms with Crippen molar-refractivity contribution in [2.45, 2.75) is 20.3 Å². The number of benzene rings is 2. The largest absolute Gasteiger partial charge is 0.492 e. The first-order valence-corrected chi connectivity index (χ1v) is 10.2. The summed E-state index contributed by atoms with van der Waals surface area (Å²) in [7, 11) is 0. The number of rotatable bonds is 6. The molecule has 0 bridgehead atoms. The van der Waals surface area contributed by atoms with Crippen molar-refractivity contribution in [2.24, 2.45) is 5.92 Å². The van der Waals surface area contributed by atoms with Gasteiger partial charge in [-0.1, -0.05) is 37.0 Å². The lowest BCUT2D eigenvalue weighted by molar-refractivity contribution is 0.0977. The standard InChI is InChI=1S/C19H19BrCl2N2O2S/c1-11(2)7-8-26-17-6-3-12(9-14(17)20)18(25)24-19(27)23-13-4-5-15(21)16(22)10-13/h3-6,9-11H,7-8H2,1-2H3,(H2,23,24,25,27). The Kier molecular flexibility index (Phi) is 8.35. The Labute approximate surface area is 182 Å². The molecule has 2 rings (SSSR count). The predicted molar refractivity (Wildman–Crippen MR) is 119 cm³/mol. The van der Waals surface area contributed by atoms with Crippen LogP contribution in [0.15, 0.2) is 40.9 Å². The van der Waals surface area contributed by atoms with Gasteiger partial charge in [-0.05, 0) is 76.9 Å². The van der Waals surface area contributed by atoms with Crippen molar-refractivity contribution in [2.75, 3.05) is 11.9 Å². The highest BCUT2D eigenvalue weighted by Crippen LogP contribution is 2.27. The number of anilines is 1. The Balaban J connectivity index is 1.95. The highest BCUT2D eigenvalue weighted by molar-refractivity contribution is 9.10. The Bertz CT molecular complexity index is 846. The fourth-order valence-electron chi connectivity index (χ4n) is 2.08. The minimum Gasteiger partial charge on any atom is -0.492 e. The van der Waals surface area contributed by atoms with E-state index in [1.807, 2.05) is 0 Å². The zero-order valence-electron chi connectivity index (χ0n) is 14.8. The molecule has 0 aromatic heterocycles. The highest BCUT2D eigenvalue weighted by atomic mass is 79.9. The van der Waals surface area contributed by atoms with Crippen LogP contribution in [0.4, 0.5) is 5.69 Å². The lowest BCUT2D eigenvalue weighted by Gasteiger charge is -2.12. The third kappa shape index (κ3) is 6.96. The number of nitrogens with one attached hydrogen (secondary N) is 2. The Morgan fingerprint density at radius 3 is 2.56 bits per heavy atom. The molecule has 0 radical (unpaired) electrons. The summed E-state index contributed by atoms with van der Waals surface area (Å²) in [6.07, 6.45) is 0.962. The summed E-state index contributed by atoms with van der Waals surface area (Å²) < 4.78 is 6.43. The second-order valence-electron chi connectivity index (χ2n) is 6.21. The molecule has 4 nitrogen and oxygen atoms in total. The molecule has 27 heavy (non-hydrogen) atoms. The first-order valence-electron chi connectivity index (χ1n) is 8.26. The number of thiocarbonyl (C=S) groups is 1. The summed E-state index contributed by atoms with van der Waals surface area (Å²) in [5, 5.41) is 6.52. The van der Waals surface area contributed by atoms with Crippen molar-refractivity contribution in [3.8, 4) is 5.75 Å². The molecule has 0 spiro atoms. The van der Waals surface area contributed by atoms with Crippen LogP contribution in [0.3, 0.4) is 0 Å². The fraction of sp³-hybridized carbons (Fsp3) is 0.263. The molecule has 0 saturated heterocycles. The van der Waals surface area contributed by atoms with Gasteiger partial charge in [0.25, 0.3) is 5.91 Å². The lowest BCUT2D eigenvalue weighted by atomic mass is 10.1. The number of hydrogen-bond acceptors (Lipinski definition) is 3. The Morgan fingerprint density at radius 2 is 1.93 bits per heavy atom. The van der Waals surface area contributed by atoms with Gasteiger partial charge in [0.15, 0.2) is 5.11 Å². The van der Waals surface area contributed by atoms with Crippen LogP contribution < -0.4 is 15.4 Å². The summed E-state index contributed by atoms with van der Waals surface area (Å²) in [4.78, 5) is 12.4. The number of ether oxygens (including phenoxy) is 1. The minimum absolute atomic E-state index is 0.159. The fourth-order valence-corrected chi connectivity index (χ4v) is 3.08. The number of halogens is 3. The second-order valence-corrected chi connectivity index (χ2v) is 8.29. The maximum atomic E-state index is 12.4. The van der Waals surface area contributed by atoms with Crippen molar-refractivity contribution >= 4 is 68.1 Å². The van der Waals surface area contributed by atoms with E-state index in [9.17, 15) is 4.79 Å². The molecule has 2 N–H and O–H groups in total. The average Bonchev–Trinajstić information content (AvgIpc) is 2.59. The number of carbonyl (C=O) groups excluding carboxylic acids is 1. The third-order valence-electron chi connectivity index (χ3n) is 3.55. The SMILES string of the molecule is CC(C)CCOc1ccc(C(=O)NC(=S)Nc2ccc(Cl)c(Cl)c2)cc1Br. The summed E-state index contributed by atoms with van der Waals surface area (Å²) in [6.45, 7) is 4.90. The Morgan fingerprint density at radius 1 is 1.19 bits per heavy atom. The molecular weight excluding hydrogens is 471 g/mol. The maximum absolute atomic E-state index is 12.4. The molecule has 144 valence electrons. The van der Waals surface area contributed by atoms with E-state index in [4.69, 9.17) is 40.2 Å². The molecule has 0 aliphatic carbocycles. The van der Waals surface area contributed by atoms with Gasteiger partial charge in [0, 0.05) is 11.3 Å². The molecule has 0 atom stereocenters. The van der Waals surface area contributed by atoms with E-state index in [2.05, 4.69) is 40.4 Å². The van der Waals surface area contributed by atoms with Crippen molar-refractivity contribution < 1.29 is 9.53 Å². The van der Waals surface area contributed by atoms with Crippen LogP contribution in [-0.4, -0.2) is 17.6 Å². The minimum atomic E-state index is -0.331. The van der Waals surface area contributed by atoms with Gasteiger partial charge in [-0.15, -0.1) is 0 Å². The topological polar surface area (TPSA) is 50.4 Å². The van der Waals surface area contributed by atoms with E-state index in [1.165, 1.54) is 0 Å². The predicted octanol–water partition coefficient (Wildman–Crippen LogP) is 6.31. The molecule has 2 aromatic rings. The highest BCUT2D eigenvalue weighted by Gasteiger charge is 2.11. The second kappa shape index (κ2) is 10.3. The van der Waals surface area contributed by atoms with Crippen LogP contribution in [-0.2, 0) is 0 Å².